The number of aliphatic imine (C=N–C) groups is 1. The Kier molecular flexibility index (Phi) is 5.55. The Morgan fingerprint density at radius 3 is 2.83 bits per heavy atom. The van der Waals surface area contributed by atoms with E-state index in [2.05, 4.69) is 25.0 Å². The van der Waals surface area contributed by atoms with Crippen molar-refractivity contribution < 1.29 is 23.0 Å². The number of nitrogens with two attached hydrogens (primary N) is 1. The number of hydrogen-bond donors (Lipinski definition) is 4. The minimum atomic E-state index is -4.84. The first-order chi connectivity index (χ1) is 13.7. The van der Waals surface area contributed by atoms with Crippen molar-refractivity contribution >= 4 is 34.2 Å². The number of alkyl halides is 3. The Hall–Kier alpha value is -3.41. The average Bonchev–Trinajstić information content (AvgIpc) is 3.05. The van der Waals surface area contributed by atoms with Crippen molar-refractivity contribution in [3.8, 4) is 5.75 Å². The molecule has 154 valence electrons. The van der Waals surface area contributed by atoms with Gasteiger partial charge in [0.25, 0.3) is 0 Å². The minimum Gasteiger partial charge on any atom is -0.406 e. The van der Waals surface area contributed by atoms with Crippen molar-refractivity contribution in [2.75, 3.05) is 18.5 Å². The maximum Gasteiger partial charge on any atom is 0.573 e. The summed E-state index contributed by atoms with van der Waals surface area (Å²) >= 11 is 0. The fraction of sp³-hybridized carbons (Fsp3) is 0.294. The third kappa shape index (κ3) is 4.54. The molecule has 0 saturated carbocycles. The van der Waals surface area contributed by atoms with Crippen LogP contribution in [0.15, 0.2) is 29.4 Å². The molecule has 0 aliphatic carbocycles. The molecule has 0 saturated heterocycles. The minimum absolute atomic E-state index is 0.0464. The second-order valence-corrected chi connectivity index (χ2v) is 6.07. The molecule has 0 fully saturated rings. The van der Waals surface area contributed by atoms with E-state index in [1.165, 1.54) is 19.2 Å². The van der Waals surface area contributed by atoms with Crippen LogP contribution in [0.2, 0.25) is 0 Å². The Balaban J connectivity index is 2.21. The van der Waals surface area contributed by atoms with Gasteiger partial charge in [-0.15, -0.1) is 13.2 Å². The van der Waals surface area contributed by atoms with Gasteiger partial charge < -0.3 is 20.9 Å². The van der Waals surface area contributed by atoms with Gasteiger partial charge in [-0.3, -0.25) is 9.81 Å². The topological polar surface area (TPSA) is 134 Å². The number of hydrogen-bond acceptors (Lipinski definition) is 6. The highest BCUT2D eigenvalue weighted by Crippen LogP contribution is 2.29. The van der Waals surface area contributed by atoms with Crippen molar-refractivity contribution in [3.05, 3.63) is 30.1 Å². The van der Waals surface area contributed by atoms with E-state index < -0.39 is 12.1 Å². The summed E-state index contributed by atoms with van der Waals surface area (Å²) in [6, 6.07) is 3.69. The van der Waals surface area contributed by atoms with Crippen molar-refractivity contribution in [3.63, 3.8) is 0 Å². The van der Waals surface area contributed by atoms with Crippen LogP contribution in [0.4, 0.5) is 19.0 Å². The highest BCUT2D eigenvalue weighted by atomic mass is 19.4. The molecule has 2 aromatic heterocycles. The molecule has 0 unspecified atom stereocenters. The number of benzene rings is 1. The van der Waals surface area contributed by atoms with Gasteiger partial charge in [-0.05, 0) is 25.5 Å². The molecule has 3 rings (SSSR count). The molecule has 5 N–H and O–H groups in total. The van der Waals surface area contributed by atoms with Gasteiger partial charge in [-0.2, -0.15) is 0 Å². The quantitative estimate of drug-likeness (QED) is 0.280. The summed E-state index contributed by atoms with van der Waals surface area (Å²) in [6.45, 7) is 1.85. The van der Waals surface area contributed by atoms with E-state index in [1.54, 1.807) is 4.40 Å². The van der Waals surface area contributed by atoms with Gasteiger partial charge >= 0.3 is 6.36 Å². The van der Waals surface area contributed by atoms with Crippen molar-refractivity contribution in [2.45, 2.75) is 19.7 Å². The van der Waals surface area contributed by atoms with Crippen LogP contribution < -0.4 is 15.8 Å². The van der Waals surface area contributed by atoms with Crippen LogP contribution in [-0.4, -0.2) is 50.7 Å². The molecule has 29 heavy (non-hydrogen) atoms. The van der Waals surface area contributed by atoms with Crippen molar-refractivity contribution in [1.29, 1.82) is 5.41 Å². The van der Waals surface area contributed by atoms with Gasteiger partial charge in [-0.1, -0.05) is 0 Å². The van der Waals surface area contributed by atoms with Gasteiger partial charge in [0, 0.05) is 19.2 Å². The number of anilines is 1. The lowest BCUT2D eigenvalue weighted by atomic mass is 10.2. The summed E-state index contributed by atoms with van der Waals surface area (Å²) in [5, 5.41) is 20.1. The van der Waals surface area contributed by atoms with Crippen LogP contribution in [-0.2, 0) is 0 Å². The van der Waals surface area contributed by atoms with E-state index >= 15 is 0 Å². The molecule has 0 radical (unpaired) electrons. The molecule has 0 bridgehead atoms. The predicted molar refractivity (Wildman–Crippen MR) is 101 cm³/mol. The molecular formula is C17H18F3N7O2. The number of halogens is 3. The summed E-state index contributed by atoms with van der Waals surface area (Å²) in [5.41, 5.74) is 6.78. The summed E-state index contributed by atoms with van der Waals surface area (Å²) in [5.74, 6) is -0.138. The highest BCUT2D eigenvalue weighted by molar-refractivity contribution is 6.04. The van der Waals surface area contributed by atoms with E-state index in [4.69, 9.17) is 16.2 Å². The third-order valence-electron chi connectivity index (χ3n) is 3.79. The molecule has 0 amide bonds. The standard InChI is InChI=1S/C17H18F3N7O2/c1-9(21)25-14(22)13-8-24-16-15(23-5-2-6-28)26-11-7-10(29-17(18,19)20)3-4-12(11)27(13)16/h3-4,7-8,28H,2,5-6H2,1H3,(H,23,26)(H3,21,22,25). The second-order valence-electron chi connectivity index (χ2n) is 6.07. The fourth-order valence-corrected chi connectivity index (χ4v) is 2.72. The summed E-state index contributed by atoms with van der Waals surface area (Å²) in [4.78, 5) is 12.5. The maximum absolute atomic E-state index is 12.6. The number of aliphatic hydroxyl groups is 1. The number of ether oxygens (including phenoxy) is 1. The Morgan fingerprint density at radius 2 is 2.17 bits per heavy atom. The van der Waals surface area contributed by atoms with Crippen LogP contribution in [0.5, 0.6) is 5.75 Å². The van der Waals surface area contributed by atoms with Gasteiger partial charge in [0.1, 0.15) is 11.4 Å². The first-order valence-corrected chi connectivity index (χ1v) is 8.51. The zero-order chi connectivity index (χ0) is 21.2. The molecule has 0 aliphatic heterocycles. The van der Waals surface area contributed by atoms with Crippen LogP contribution in [0, 0.1) is 5.41 Å². The first-order valence-electron chi connectivity index (χ1n) is 8.51. The lowest BCUT2D eigenvalue weighted by molar-refractivity contribution is -0.274. The third-order valence-corrected chi connectivity index (χ3v) is 3.79. The van der Waals surface area contributed by atoms with Crippen molar-refractivity contribution in [1.82, 2.24) is 14.4 Å². The van der Waals surface area contributed by atoms with Gasteiger partial charge in [0.15, 0.2) is 17.3 Å². The molecule has 12 heteroatoms. The lowest BCUT2D eigenvalue weighted by Crippen LogP contribution is -2.17. The monoisotopic (exact) mass is 409 g/mol. The zero-order valence-corrected chi connectivity index (χ0v) is 15.3. The molecule has 3 aromatic rings. The van der Waals surface area contributed by atoms with E-state index in [0.717, 1.165) is 12.1 Å². The fourth-order valence-electron chi connectivity index (χ4n) is 2.72. The molecule has 9 nitrogen and oxygen atoms in total. The number of aliphatic hydroxyl groups excluding tert-OH is 1. The Labute approximate surface area is 162 Å². The summed E-state index contributed by atoms with van der Waals surface area (Å²) in [7, 11) is 0. The molecular weight excluding hydrogens is 391 g/mol. The number of nitrogens with one attached hydrogen (secondary N) is 2. The largest absolute Gasteiger partial charge is 0.573 e. The van der Waals surface area contributed by atoms with Gasteiger partial charge in [0.05, 0.1) is 23.1 Å². The summed E-state index contributed by atoms with van der Waals surface area (Å²) < 4.78 is 43.2. The van der Waals surface area contributed by atoms with E-state index in [1.807, 2.05) is 0 Å². The predicted octanol–water partition coefficient (Wildman–Crippen LogP) is 2.28. The highest BCUT2D eigenvalue weighted by Gasteiger charge is 2.31. The summed E-state index contributed by atoms with van der Waals surface area (Å²) in [6.07, 6.45) is -3.00. The normalized spacial score (nSPS) is 12.5. The molecule has 0 aliphatic rings. The van der Waals surface area contributed by atoms with Crippen LogP contribution in [0.25, 0.3) is 16.7 Å². The molecule has 1 aromatic carbocycles. The number of nitrogens with zero attached hydrogens (tertiary/aromatic N) is 4. The smallest absolute Gasteiger partial charge is 0.406 e. The number of aromatic nitrogens is 3. The average molecular weight is 409 g/mol. The van der Waals surface area contributed by atoms with E-state index in [0.29, 0.717) is 24.1 Å². The van der Waals surface area contributed by atoms with Crippen LogP contribution in [0.3, 0.4) is 0 Å². The molecule has 2 heterocycles. The number of fused-ring (bicyclic) bond motifs is 3. The lowest BCUT2D eigenvalue weighted by Gasteiger charge is -2.13. The molecule has 0 atom stereocenters. The first kappa shape index (κ1) is 20.3. The van der Waals surface area contributed by atoms with Crippen LogP contribution >= 0.6 is 0 Å². The van der Waals surface area contributed by atoms with Gasteiger partial charge in [-0.25, -0.2) is 15.0 Å². The van der Waals surface area contributed by atoms with E-state index in [-0.39, 0.29) is 35.3 Å². The van der Waals surface area contributed by atoms with Crippen molar-refractivity contribution in [2.24, 2.45) is 10.7 Å². The molecule has 0 spiro atoms. The van der Waals surface area contributed by atoms with E-state index in [9.17, 15) is 13.2 Å². The second kappa shape index (κ2) is 7.91. The van der Waals surface area contributed by atoms with Crippen LogP contribution in [0.1, 0.15) is 19.0 Å². The van der Waals surface area contributed by atoms with Gasteiger partial charge in [0.2, 0.25) is 0 Å². The zero-order valence-electron chi connectivity index (χ0n) is 15.3. The Bertz CT molecular complexity index is 1090. The number of imidazole rings is 1. The number of amidine groups is 2. The SMILES string of the molecule is CC(N)=NC(=N)c1cnc2c(NCCCO)nc3cc(OC(F)(F)F)ccc3n12. The number of rotatable bonds is 6. The Morgan fingerprint density at radius 1 is 1.41 bits per heavy atom. The maximum atomic E-state index is 12.6.